The Morgan fingerprint density at radius 1 is 1.14 bits per heavy atom. The maximum absolute atomic E-state index is 12.9. The summed E-state index contributed by atoms with van der Waals surface area (Å²) in [7, 11) is -3.06. The summed E-state index contributed by atoms with van der Waals surface area (Å²) in [6.07, 6.45) is 5.95. The monoisotopic (exact) mass is 336 g/mol. The third-order valence-electron chi connectivity index (χ3n) is 3.96. The van der Waals surface area contributed by atoms with Crippen LogP contribution in [-0.2, 0) is 23.1 Å². The van der Waals surface area contributed by atoms with Crippen LogP contribution >= 0.6 is 7.60 Å². The second-order valence-electron chi connectivity index (χ2n) is 6.27. The lowest BCUT2D eigenvalue weighted by Gasteiger charge is -2.32. The van der Waals surface area contributed by atoms with Gasteiger partial charge in [-0.3, -0.25) is 4.57 Å². The van der Waals surface area contributed by atoms with Gasteiger partial charge >= 0.3 is 7.60 Å². The largest absolute Gasteiger partial charge is 0.353 e. The quantitative estimate of drug-likeness (QED) is 0.403. The molecule has 1 unspecified atom stereocenters. The molecular weight excluding hydrogens is 303 g/mol. The first-order valence-electron chi connectivity index (χ1n) is 8.57. The predicted octanol–water partition coefficient (Wildman–Crippen LogP) is 4.74. The average molecular weight is 336 g/mol. The molecule has 6 heteroatoms. The lowest BCUT2D eigenvalue weighted by Crippen LogP contribution is -2.24. The summed E-state index contributed by atoms with van der Waals surface area (Å²) in [4.78, 5) is 0. The van der Waals surface area contributed by atoms with Crippen LogP contribution in [0.5, 0.6) is 0 Å². The molecule has 0 aromatic rings. The smallest absolute Gasteiger partial charge is 0.336 e. The van der Waals surface area contributed by atoms with Crippen molar-refractivity contribution in [2.45, 2.75) is 77.7 Å². The highest BCUT2D eigenvalue weighted by molar-refractivity contribution is 7.55. The van der Waals surface area contributed by atoms with E-state index < -0.39 is 12.8 Å². The molecule has 0 spiro atoms. The second-order valence-corrected chi connectivity index (χ2v) is 8.99. The van der Waals surface area contributed by atoms with Crippen LogP contribution in [0.4, 0.5) is 0 Å². The van der Waals surface area contributed by atoms with Crippen molar-refractivity contribution in [3.05, 3.63) is 0 Å². The highest BCUT2D eigenvalue weighted by Gasteiger charge is 2.42. The Kier molecular flexibility index (Phi) is 9.18. The number of ether oxygens (including phenoxy) is 2. The Morgan fingerprint density at radius 2 is 1.82 bits per heavy atom. The van der Waals surface area contributed by atoms with E-state index in [2.05, 4.69) is 0 Å². The van der Waals surface area contributed by atoms with Gasteiger partial charge in [0, 0.05) is 13.2 Å². The number of unbranched alkanes of at least 4 members (excludes halogenated alkanes) is 1. The molecule has 0 N–H and O–H groups in total. The SMILES string of the molecule is CCOP(=O)(OCC)C(C)(C)CCCCOC1CCCCO1. The summed E-state index contributed by atoms with van der Waals surface area (Å²) in [5, 5.41) is -0.472. The van der Waals surface area contributed by atoms with Gasteiger partial charge in [0.2, 0.25) is 0 Å². The summed E-state index contributed by atoms with van der Waals surface area (Å²) >= 11 is 0. The Morgan fingerprint density at radius 3 is 2.36 bits per heavy atom. The molecule has 0 saturated carbocycles. The second kappa shape index (κ2) is 10.0. The normalized spacial score (nSPS) is 20.3. The molecule has 22 heavy (non-hydrogen) atoms. The van der Waals surface area contributed by atoms with Gasteiger partial charge in [0.1, 0.15) is 0 Å². The standard InChI is InChI=1S/C16H33O5P/c1-5-20-22(17,21-6-2)16(3,4)12-8-10-14-19-15-11-7-9-13-18-15/h15H,5-14H2,1-4H3. The van der Waals surface area contributed by atoms with E-state index in [-0.39, 0.29) is 6.29 Å². The fourth-order valence-corrected chi connectivity index (χ4v) is 4.47. The molecule has 132 valence electrons. The molecule has 0 bridgehead atoms. The summed E-state index contributed by atoms with van der Waals surface area (Å²) in [6, 6.07) is 0. The fraction of sp³-hybridized carbons (Fsp3) is 1.00. The topological polar surface area (TPSA) is 54.0 Å². The van der Waals surface area contributed by atoms with Crippen molar-refractivity contribution in [3.8, 4) is 0 Å². The zero-order valence-electron chi connectivity index (χ0n) is 14.6. The van der Waals surface area contributed by atoms with Gasteiger partial charge in [0.05, 0.1) is 18.4 Å². The number of rotatable bonds is 11. The Hall–Kier alpha value is 0.0700. The highest BCUT2D eigenvalue weighted by atomic mass is 31.2. The Labute approximate surface area is 135 Å². The first-order valence-corrected chi connectivity index (χ1v) is 10.1. The van der Waals surface area contributed by atoms with Gasteiger partial charge < -0.3 is 18.5 Å². The molecule has 0 amide bonds. The highest BCUT2D eigenvalue weighted by Crippen LogP contribution is 2.61. The summed E-state index contributed by atoms with van der Waals surface area (Å²) < 4.78 is 35.0. The van der Waals surface area contributed by atoms with Crippen LogP contribution in [0.1, 0.15) is 66.2 Å². The van der Waals surface area contributed by atoms with Gasteiger partial charge in [0.25, 0.3) is 0 Å². The molecule has 1 heterocycles. The Balaban J connectivity index is 2.29. The zero-order chi connectivity index (χ0) is 16.5. The minimum atomic E-state index is -3.06. The van der Waals surface area contributed by atoms with Crippen molar-refractivity contribution in [1.82, 2.24) is 0 Å². The van der Waals surface area contributed by atoms with E-state index in [0.717, 1.165) is 38.7 Å². The van der Waals surface area contributed by atoms with Crippen molar-refractivity contribution >= 4 is 7.60 Å². The first-order chi connectivity index (χ1) is 10.4. The molecule has 1 rings (SSSR count). The van der Waals surface area contributed by atoms with Crippen molar-refractivity contribution in [2.24, 2.45) is 0 Å². The van der Waals surface area contributed by atoms with Crippen LogP contribution in [-0.4, -0.2) is 37.9 Å². The van der Waals surface area contributed by atoms with Crippen LogP contribution in [0.25, 0.3) is 0 Å². The summed E-state index contributed by atoms with van der Waals surface area (Å²) in [5.74, 6) is 0. The average Bonchev–Trinajstić information content (AvgIpc) is 2.48. The lowest BCUT2D eigenvalue weighted by atomic mass is 10.1. The van der Waals surface area contributed by atoms with Crippen molar-refractivity contribution < 1.29 is 23.1 Å². The maximum atomic E-state index is 12.9. The van der Waals surface area contributed by atoms with E-state index in [1.54, 1.807) is 0 Å². The molecular formula is C16H33O5P. The van der Waals surface area contributed by atoms with Crippen LogP contribution < -0.4 is 0 Å². The molecule has 0 aromatic heterocycles. The molecule has 0 aromatic carbocycles. The van der Waals surface area contributed by atoms with Crippen molar-refractivity contribution in [2.75, 3.05) is 26.4 Å². The molecule has 1 aliphatic heterocycles. The molecule has 1 saturated heterocycles. The van der Waals surface area contributed by atoms with Crippen LogP contribution in [0.15, 0.2) is 0 Å². The van der Waals surface area contributed by atoms with Crippen LogP contribution in [0, 0.1) is 0 Å². The molecule has 0 radical (unpaired) electrons. The molecule has 1 fully saturated rings. The maximum Gasteiger partial charge on any atom is 0.336 e. The lowest BCUT2D eigenvalue weighted by molar-refractivity contribution is -0.162. The summed E-state index contributed by atoms with van der Waals surface area (Å²) in [6.45, 7) is 9.93. The van der Waals surface area contributed by atoms with E-state index in [1.807, 2.05) is 27.7 Å². The molecule has 5 nitrogen and oxygen atoms in total. The zero-order valence-corrected chi connectivity index (χ0v) is 15.5. The van der Waals surface area contributed by atoms with Gasteiger partial charge in [-0.1, -0.05) is 0 Å². The Bertz CT molecular complexity index is 329. The van der Waals surface area contributed by atoms with Gasteiger partial charge in [-0.15, -0.1) is 0 Å². The van der Waals surface area contributed by atoms with E-state index in [9.17, 15) is 4.57 Å². The minimum absolute atomic E-state index is 0.0280. The van der Waals surface area contributed by atoms with Crippen LogP contribution in [0.2, 0.25) is 0 Å². The van der Waals surface area contributed by atoms with Gasteiger partial charge in [-0.25, -0.2) is 0 Å². The van der Waals surface area contributed by atoms with Crippen molar-refractivity contribution in [3.63, 3.8) is 0 Å². The molecule has 1 aliphatic rings. The third-order valence-corrected chi connectivity index (χ3v) is 6.87. The van der Waals surface area contributed by atoms with Crippen molar-refractivity contribution in [1.29, 1.82) is 0 Å². The van der Waals surface area contributed by atoms with E-state index in [4.69, 9.17) is 18.5 Å². The molecule has 1 atom stereocenters. The number of hydrogen-bond donors (Lipinski definition) is 0. The third kappa shape index (κ3) is 6.29. The van der Waals surface area contributed by atoms with E-state index in [0.29, 0.717) is 19.8 Å². The van der Waals surface area contributed by atoms with Crippen LogP contribution in [0.3, 0.4) is 0 Å². The molecule has 0 aliphatic carbocycles. The minimum Gasteiger partial charge on any atom is -0.353 e. The summed E-state index contributed by atoms with van der Waals surface area (Å²) in [5.41, 5.74) is 0. The first kappa shape index (κ1) is 20.1. The predicted molar refractivity (Wildman–Crippen MR) is 88.3 cm³/mol. The van der Waals surface area contributed by atoms with E-state index >= 15 is 0 Å². The van der Waals surface area contributed by atoms with Gasteiger partial charge in [0.15, 0.2) is 6.29 Å². The fourth-order valence-electron chi connectivity index (χ4n) is 2.58. The van der Waals surface area contributed by atoms with Gasteiger partial charge in [-0.05, 0) is 66.2 Å². The van der Waals surface area contributed by atoms with E-state index in [1.165, 1.54) is 6.42 Å². The van der Waals surface area contributed by atoms with Gasteiger partial charge in [-0.2, -0.15) is 0 Å². The number of hydrogen-bond acceptors (Lipinski definition) is 5.